The van der Waals surface area contributed by atoms with Gasteiger partial charge in [0.25, 0.3) is 5.91 Å². The van der Waals surface area contributed by atoms with Gasteiger partial charge in [-0.3, -0.25) is 4.79 Å². The number of rotatable bonds is 2. The first-order valence-electron chi connectivity index (χ1n) is 5.55. The van der Waals surface area contributed by atoms with Crippen LogP contribution in [-0.2, 0) is 4.79 Å². The van der Waals surface area contributed by atoms with E-state index < -0.39 is 5.97 Å². The fraction of sp³-hybridized carbons (Fsp3) is 0.167. The molecule has 1 aromatic heterocycles. The Hall–Kier alpha value is -2.28. The molecule has 0 saturated heterocycles. The zero-order valence-electron chi connectivity index (χ0n) is 9.95. The first-order valence-corrected chi connectivity index (χ1v) is 6.37. The molecular weight excluding hydrogens is 266 g/mol. The summed E-state index contributed by atoms with van der Waals surface area (Å²) >= 11 is 1.31. The van der Waals surface area contributed by atoms with Crippen molar-refractivity contribution in [2.24, 2.45) is 5.10 Å². The van der Waals surface area contributed by atoms with Gasteiger partial charge in [-0.1, -0.05) is 11.3 Å². The number of carbonyl (C=O) groups excluding carboxylic acids is 1. The summed E-state index contributed by atoms with van der Waals surface area (Å²) in [4.78, 5) is 26.9. The molecule has 3 rings (SSSR count). The Morgan fingerprint density at radius 1 is 1.47 bits per heavy atom. The molecule has 2 aromatic rings. The maximum Gasteiger partial charge on any atom is 0.335 e. The highest BCUT2D eigenvalue weighted by Crippen LogP contribution is 2.31. The van der Waals surface area contributed by atoms with Gasteiger partial charge in [-0.2, -0.15) is 10.1 Å². The van der Waals surface area contributed by atoms with Gasteiger partial charge in [0.05, 0.1) is 22.2 Å². The van der Waals surface area contributed by atoms with E-state index in [0.717, 1.165) is 10.4 Å². The van der Waals surface area contributed by atoms with E-state index in [9.17, 15) is 9.59 Å². The number of thiazole rings is 1. The van der Waals surface area contributed by atoms with Crippen LogP contribution in [0.1, 0.15) is 23.7 Å². The van der Waals surface area contributed by atoms with Crippen LogP contribution >= 0.6 is 11.3 Å². The number of carbonyl (C=O) groups is 2. The van der Waals surface area contributed by atoms with Gasteiger partial charge in [-0.15, -0.1) is 0 Å². The molecule has 1 aliphatic rings. The fourth-order valence-electron chi connectivity index (χ4n) is 1.84. The lowest BCUT2D eigenvalue weighted by atomic mass is 10.2. The van der Waals surface area contributed by atoms with Gasteiger partial charge in [0.15, 0.2) is 0 Å². The van der Waals surface area contributed by atoms with Crippen LogP contribution < -0.4 is 5.01 Å². The number of hydrazone groups is 1. The molecular formula is C12H9N3O3S. The molecule has 1 aliphatic heterocycles. The summed E-state index contributed by atoms with van der Waals surface area (Å²) in [5.74, 6) is -1.11. The van der Waals surface area contributed by atoms with Gasteiger partial charge in [-0.25, -0.2) is 9.78 Å². The van der Waals surface area contributed by atoms with E-state index in [1.807, 2.05) is 0 Å². The maximum atomic E-state index is 11.7. The zero-order chi connectivity index (χ0) is 13.6. The molecule has 1 N–H and O–H groups in total. The summed E-state index contributed by atoms with van der Waals surface area (Å²) in [5.41, 5.74) is 1.49. The van der Waals surface area contributed by atoms with Crippen LogP contribution in [0.15, 0.2) is 23.3 Å². The third-order valence-corrected chi connectivity index (χ3v) is 3.73. The molecule has 6 nitrogen and oxygen atoms in total. The van der Waals surface area contributed by atoms with Crippen molar-refractivity contribution in [3.8, 4) is 0 Å². The van der Waals surface area contributed by atoms with Gasteiger partial charge in [-0.05, 0) is 25.1 Å². The van der Waals surface area contributed by atoms with Gasteiger partial charge >= 0.3 is 5.97 Å². The Morgan fingerprint density at radius 3 is 2.89 bits per heavy atom. The third-order valence-electron chi connectivity index (χ3n) is 2.72. The minimum absolute atomic E-state index is 0.116. The molecule has 0 bridgehead atoms. The second-order valence-electron chi connectivity index (χ2n) is 4.20. The normalized spacial score (nSPS) is 15.1. The lowest BCUT2D eigenvalue weighted by Crippen LogP contribution is -2.19. The van der Waals surface area contributed by atoms with Crippen LogP contribution in [-0.4, -0.2) is 27.7 Å². The molecule has 0 radical (unpaired) electrons. The molecule has 96 valence electrons. The summed E-state index contributed by atoms with van der Waals surface area (Å²) in [5, 5.41) is 14.8. The van der Waals surface area contributed by atoms with Crippen molar-refractivity contribution >= 4 is 44.3 Å². The molecule has 0 aliphatic carbocycles. The molecule has 1 aromatic carbocycles. The van der Waals surface area contributed by atoms with Gasteiger partial charge in [0, 0.05) is 5.71 Å². The molecule has 0 atom stereocenters. The van der Waals surface area contributed by atoms with Crippen LogP contribution in [0.3, 0.4) is 0 Å². The SMILES string of the molecule is CC1=NN(c2nc3cc(C(=O)O)ccc3s2)C(=O)C1. The molecule has 0 unspecified atom stereocenters. The summed E-state index contributed by atoms with van der Waals surface area (Å²) in [6, 6.07) is 4.71. The Kier molecular flexibility index (Phi) is 2.56. The number of aromatic nitrogens is 1. The Labute approximate surface area is 112 Å². The predicted octanol–water partition coefficient (Wildman–Crippen LogP) is 2.11. The molecule has 1 amide bonds. The summed E-state index contributed by atoms with van der Waals surface area (Å²) in [6.45, 7) is 1.79. The fourth-order valence-corrected chi connectivity index (χ4v) is 2.76. The minimum atomic E-state index is -0.998. The molecule has 0 spiro atoms. The van der Waals surface area contributed by atoms with E-state index in [-0.39, 0.29) is 11.5 Å². The topological polar surface area (TPSA) is 82.9 Å². The third kappa shape index (κ3) is 1.97. The van der Waals surface area contributed by atoms with Crippen LogP contribution in [0.5, 0.6) is 0 Å². The molecule has 7 heteroatoms. The maximum absolute atomic E-state index is 11.7. The van der Waals surface area contributed by atoms with Crippen LogP contribution in [0.4, 0.5) is 5.13 Å². The first-order chi connectivity index (χ1) is 9.04. The van der Waals surface area contributed by atoms with Gasteiger partial charge < -0.3 is 5.11 Å². The molecule has 0 fully saturated rings. The average molecular weight is 275 g/mol. The minimum Gasteiger partial charge on any atom is -0.478 e. The van der Waals surface area contributed by atoms with Gasteiger partial charge in [0.2, 0.25) is 5.13 Å². The number of hydrogen-bond acceptors (Lipinski definition) is 5. The number of carboxylic acid groups (broad SMARTS) is 1. The first kappa shape index (κ1) is 11.8. The molecule has 0 saturated carbocycles. The van der Waals surface area contributed by atoms with Crippen molar-refractivity contribution in [1.82, 2.24) is 4.98 Å². The van der Waals surface area contributed by atoms with Crippen molar-refractivity contribution in [1.29, 1.82) is 0 Å². The second kappa shape index (κ2) is 4.13. The standard InChI is InChI=1S/C12H9N3O3S/c1-6-4-10(16)15(14-6)12-13-8-5-7(11(17)18)2-3-9(8)19-12/h2-3,5H,4H2,1H3,(H,17,18). The van der Waals surface area contributed by atoms with Crippen LogP contribution in [0.25, 0.3) is 10.2 Å². The number of hydrogen-bond donors (Lipinski definition) is 1. The summed E-state index contributed by atoms with van der Waals surface area (Å²) < 4.78 is 0.826. The molecule has 19 heavy (non-hydrogen) atoms. The molecule has 2 heterocycles. The lowest BCUT2D eigenvalue weighted by Gasteiger charge is -2.05. The van der Waals surface area contributed by atoms with Crippen molar-refractivity contribution in [3.63, 3.8) is 0 Å². The van der Waals surface area contributed by atoms with E-state index in [1.165, 1.54) is 28.5 Å². The number of aromatic carboxylic acids is 1. The van der Waals surface area contributed by atoms with Gasteiger partial charge in [0.1, 0.15) is 0 Å². The lowest BCUT2D eigenvalue weighted by molar-refractivity contribution is -0.116. The highest BCUT2D eigenvalue weighted by molar-refractivity contribution is 7.22. The predicted molar refractivity (Wildman–Crippen MR) is 71.8 cm³/mol. The van der Waals surface area contributed by atoms with Crippen LogP contribution in [0, 0.1) is 0 Å². The van der Waals surface area contributed by atoms with Crippen molar-refractivity contribution in [3.05, 3.63) is 23.8 Å². The Balaban J connectivity index is 2.07. The monoisotopic (exact) mass is 275 g/mol. The van der Waals surface area contributed by atoms with Crippen molar-refractivity contribution in [2.75, 3.05) is 5.01 Å². The summed E-state index contributed by atoms with van der Waals surface area (Å²) in [6.07, 6.45) is 0.302. The average Bonchev–Trinajstić information content (AvgIpc) is 2.90. The number of nitrogens with zero attached hydrogens (tertiary/aromatic N) is 3. The quantitative estimate of drug-likeness (QED) is 0.909. The zero-order valence-corrected chi connectivity index (χ0v) is 10.8. The van der Waals surface area contributed by atoms with Crippen molar-refractivity contribution < 1.29 is 14.7 Å². The van der Waals surface area contributed by atoms with E-state index in [4.69, 9.17) is 5.11 Å². The van der Waals surface area contributed by atoms with Crippen LogP contribution in [0.2, 0.25) is 0 Å². The highest BCUT2D eigenvalue weighted by atomic mass is 32.1. The number of amides is 1. The number of carboxylic acids is 1. The van der Waals surface area contributed by atoms with E-state index >= 15 is 0 Å². The van der Waals surface area contributed by atoms with E-state index in [0.29, 0.717) is 17.1 Å². The van der Waals surface area contributed by atoms with E-state index in [2.05, 4.69) is 10.1 Å². The smallest absolute Gasteiger partial charge is 0.335 e. The largest absolute Gasteiger partial charge is 0.478 e. The van der Waals surface area contributed by atoms with E-state index in [1.54, 1.807) is 13.0 Å². The van der Waals surface area contributed by atoms with Crippen molar-refractivity contribution in [2.45, 2.75) is 13.3 Å². The number of anilines is 1. The highest BCUT2D eigenvalue weighted by Gasteiger charge is 2.25. The Morgan fingerprint density at radius 2 is 2.26 bits per heavy atom. The second-order valence-corrected chi connectivity index (χ2v) is 5.21. The number of benzene rings is 1. The Bertz CT molecular complexity index is 735. The number of fused-ring (bicyclic) bond motifs is 1. The summed E-state index contributed by atoms with van der Waals surface area (Å²) in [7, 11) is 0.